The molecule has 1 aromatic rings. The molecule has 0 saturated heterocycles. The average molecular weight is 440 g/mol. The lowest BCUT2D eigenvalue weighted by molar-refractivity contribution is -0.157. The lowest BCUT2D eigenvalue weighted by Gasteiger charge is -2.31. The molecule has 0 N–H and O–H groups in total. The molecule has 0 aromatic heterocycles. The van der Waals surface area contributed by atoms with Crippen molar-refractivity contribution in [3.05, 3.63) is 47.3 Å². The molecule has 2 aliphatic carbocycles. The van der Waals surface area contributed by atoms with Crippen LogP contribution in [0.15, 0.2) is 36.2 Å². The maximum atomic E-state index is 12.9. The molecule has 1 aromatic carbocycles. The molecule has 0 heterocycles. The summed E-state index contributed by atoms with van der Waals surface area (Å²) in [5.74, 6) is 0.417. The predicted molar refractivity (Wildman–Crippen MR) is 126 cm³/mol. The summed E-state index contributed by atoms with van der Waals surface area (Å²) in [6, 6.07) is 10.7. The Morgan fingerprint density at radius 2 is 1.78 bits per heavy atom. The van der Waals surface area contributed by atoms with Crippen LogP contribution in [0.2, 0.25) is 0 Å². The first-order valence-corrected chi connectivity index (χ1v) is 12.6. The van der Waals surface area contributed by atoms with Crippen LogP contribution >= 0.6 is 0 Å². The van der Waals surface area contributed by atoms with Gasteiger partial charge in [-0.3, -0.25) is 4.79 Å². The number of nitriles is 1. The van der Waals surface area contributed by atoms with Crippen LogP contribution in [0, 0.1) is 23.2 Å². The van der Waals surface area contributed by atoms with E-state index < -0.39 is 5.83 Å². The zero-order valence-corrected chi connectivity index (χ0v) is 19.5. The van der Waals surface area contributed by atoms with Gasteiger partial charge in [-0.1, -0.05) is 37.6 Å². The van der Waals surface area contributed by atoms with Crippen molar-refractivity contribution in [2.45, 2.75) is 102 Å². The number of benzene rings is 1. The van der Waals surface area contributed by atoms with Crippen LogP contribution in [0.3, 0.4) is 0 Å². The maximum absolute atomic E-state index is 12.9. The van der Waals surface area contributed by atoms with Crippen molar-refractivity contribution in [2.75, 3.05) is 0 Å². The Morgan fingerprint density at radius 3 is 2.41 bits per heavy atom. The molecule has 3 rings (SSSR count). The van der Waals surface area contributed by atoms with Gasteiger partial charge >= 0.3 is 5.97 Å². The Labute approximate surface area is 193 Å². The summed E-state index contributed by atoms with van der Waals surface area (Å²) in [6.45, 7) is 2.23. The molecule has 0 atom stereocenters. The number of rotatable bonds is 9. The van der Waals surface area contributed by atoms with Crippen molar-refractivity contribution >= 4 is 5.97 Å². The molecular formula is C28H38FNO2. The molecule has 174 valence electrons. The van der Waals surface area contributed by atoms with E-state index in [4.69, 9.17) is 10.00 Å². The van der Waals surface area contributed by atoms with E-state index in [9.17, 15) is 9.18 Å². The van der Waals surface area contributed by atoms with Gasteiger partial charge in [-0.15, -0.1) is 0 Å². The monoisotopic (exact) mass is 439 g/mol. The number of carbonyl (C=O) groups excluding carboxylic acids is 1. The van der Waals surface area contributed by atoms with Crippen LogP contribution in [0.25, 0.3) is 0 Å². The molecule has 0 spiro atoms. The number of hydrogen-bond donors (Lipinski definition) is 0. The topological polar surface area (TPSA) is 50.1 Å². The molecule has 0 radical (unpaired) electrons. The van der Waals surface area contributed by atoms with Crippen LogP contribution in [-0.2, 0) is 16.0 Å². The summed E-state index contributed by atoms with van der Waals surface area (Å²) in [6.07, 6.45) is 14.4. The van der Waals surface area contributed by atoms with Gasteiger partial charge in [-0.2, -0.15) is 9.65 Å². The first kappa shape index (κ1) is 24.5. The van der Waals surface area contributed by atoms with Crippen molar-refractivity contribution in [1.82, 2.24) is 0 Å². The number of unbranched alkanes of at least 4 members (excludes halogenated alkanes) is 1. The number of ether oxygens (including phenoxy) is 1. The van der Waals surface area contributed by atoms with Gasteiger partial charge in [-0.25, -0.2) is 0 Å². The van der Waals surface area contributed by atoms with Crippen LogP contribution in [0.5, 0.6) is 0 Å². The third-order valence-corrected chi connectivity index (χ3v) is 7.41. The molecule has 0 amide bonds. The number of esters is 1. The van der Waals surface area contributed by atoms with Gasteiger partial charge in [-0.05, 0) is 106 Å². The minimum atomic E-state index is -0.694. The summed E-state index contributed by atoms with van der Waals surface area (Å²) in [5.41, 5.74) is 2.86. The van der Waals surface area contributed by atoms with E-state index in [2.05, 4.69) is 31.2 Å². The summed E-state index contributed by atoms with van der Waals surface area (Å²) < 4.78 is 18.8. The number of allylic oxidation sites excluding steroid dienone is 2. The van der Waals surface area contributed by atoms with Crippen molar-refractivity contribution in [2.24, 2.45) is 11.8 Å². The van der Waals surface area contributed by atoms with Crippen LogP contribution < -0.4 is 0 Å². The molecule has 0 aliphatic heterocycles. The molecule has 2 aliphatic rings. The molecule has 0 bridgehead atoms. The number of hydrogen-bond acceptors (Lipinski definition) is 3. The van der Waals surface area contributed by atoms with E-state index in [-0.39, 0.29) is 18.0 Å². The highest BCUT2D eigenvalue weighted by molar-refractivity contribution is 5.72. The van der Waals surface area contributed by atoms with E-state index in [1.54, 1.807) is 0 Å². The van der Waals surface area contributed by atoms with Gasteiger partial charge in [0, 0.05) is 0 Å². The molecule has 3 nitrogen and oxygen atoms in total. The Bertz CT molecular complexity index is 779. The second kappa shape index (κ2) is 12.8. The molecular weight excluding hydrogens is 401 g/mol. The van der Waals surface area contributed by atoms with Crippen LogP contribution in [0.4, 0.5) is 4.39 Å². The Hall–Kier alpha value is -2.15. The Kier molecular flexibility index (Phi) is 9.78. The molecule has 4 heteroatoms. The average Bonchev–Trinajstić information content (AvgIpc) is 2.84. The van der Waals surface area contributed by atoms with Crippen LogP contribution in [-0.4, -0.2) is 12.1 Å². The zero-order valence-electron chi connectivity index (χ0n) is 19.5. The lowest BCUT2D eigenvalue weighted by atomic mass is 9.79. The van der Waals surface area contributed by atoms with E-state index in [1.807, 2.05) is 0 Å². The lowest BCUT2D eigenvalue weighted by Crippen LogP contribution is -2.29. The van der Waals surface area contributed by atoms with Crippen molar-refractivity contribution in [3.8, 4) is 6.07 Å². The number of halogens is 1. The summed E-state index contributed by atoms with van der Waals surface area (Å²) >= 11 is 0. The highest BCUT2D eigenvalue weighted by Crippen LogP contribution is 2.36. The van der Waals surface area contributed by atoms with E-state index in [0.29, 0.717) is 18.3 Å². The number of aryl methyl sites for hydroxylation is 1. The Balaban J connectivity index is 1.35. The van der Waals surface area contributed by atoms with E-state index in [1.165, 1.54) is 36.1 Å². The fourth-order valence-corrected chi connectivity index (χ4v) is 5.29. The van der Waals surface area contributed by atoms with E-state index >= 15 is 0 Å². The standard InChI is InChI=1S/C28H38FNO2/c1-2-3-5-21-8-12-23(13-9-21)24-16-18-27(19-17-24)32-28(31)25-14-10-22(11-15-25)6-4-7-26(29)20-30/h7-9,12-13,22,24-25,27H,2-6,10-11,14-19H2,1H3/t22-,24-,25-,27-. The summed E-state index contributed by atoms with van der Waals surface area (Å²) in [5, 5.41) is 8.47. The van der Waals surface area contributed by atoms with Crippen molar-refractivity contribution < 1.29 is 13.9 Å². The van der Waals surface area contributed by atoms with Crippen molar-refractivity contribution in [1.29, 1.82) is 5.26 Å². The van der Waals surface area contributed by atoms with Crippen LogP contribution in [0.1, 0.15) is 101 Å². The SMILES string of the molecule is CCCCc1ccc([C@H]2CC[C@H](OC(=O)[C@H]3CC[C@H](CCC=C(F)C#N)CC3)CC2)cc1. The first-order chi connectivity index (χ1) is 15.6. The van der Waals surface area contributed by atoms with Gasteiger partial charge < -0.3 is 4.74 Å². The van der Waals surface area contributed by atoms with Gasteiger partial charge in [0.1, 0.15) is 12.2 Å². The molecule has 0 unspecified atom stereocenters. The van der Waals surface area contributed by atoms with Gasteiger partial charge in [0.15, 0.2) is 5.83 Å². The first-order valence-electron chi connectivity index (χ1n) is 12.6. The normalized spacial score (nSPS) is 26.3. The third-order valence-electron chi connectivity index (χ3n) is 7.41. The highest BCUT2D eigenvalue weighted by Gasteiger charge is 2.30. The quantitative estimate of drug-likeness (QED) is 0.295. The highest BCUT2D eigenvalue weighted by atomic mass is 19.1. The van der Waals surface area contributed by atoms with Gasteiger partial charge in [0.05, 0.1) is 5.92 Å². The number of nitrogens with zero attached hydrogens (tertiary/aromatic N) is 1. The molecule has 2 saturated carbocycles. The minimum absolute atomic E-state index is 0.0115. The second-order valence-electron chi connectivity index (χ2n) is 9.71. The van der Waals surface area contributed by atoms with Gasteiger partial charge in [0.25, 0.3) is 0 Å². The third kappa shape index (κ3) is 7.47. The predicted octanol–water partition coefficient (Wildman–Crippen LogP) is 7.56. The smallest absolute Gasteiger partial charge is 0.309 e. The second-order valence-corrected chi connectivity index (χ2v) is 9.71. The molecule has 2 fully saturated rings. The maximum Gasteiger partial charge on any atom is 0.309 e. The van der Waals surface area contributed by atoms with E-state index in [0.717, 1.165) is 64.2 Å². The minimum Gasteiger partial charge on any atom is -0.462 e. The fraction of sp³-hybridized carbons (Fsp3) is 0.643. The number of carbonyl (C=O) groups is 1. The largest absolute Gasteiger partial charge is 0.462 e. The summed E-state index contributed by atoms with van der Waals surface area (Å²) in [4.78, 5) is 12.7. The zero-order chi connectivity index (χ0) is 22.8. The Morgan fingerprint density at radius 1 is 1.09 bits per heavy atom. The summed E-state index contributed by atoms with van der Waals surface area (Å²) in [7, 11) is 0. The molecule has 32 heavy (non-hydrogen) atoms. The van der Waals surface area contributed by atoms with Crippen molar-refractivity contribution in [3.63, 3.8) is 0 Å². The van der Waals surface area contributed by atoms with Gasteiger partial charge in [0.2, 0.25) is 0 Å². The fourth-order valence-electron chi connectivity index (χ4n) is 5.29.